The summed E-state index contributed by atoms with van der Waals surface area (Å²) < 4.78 is 13.8. The number of nitrogens with zero attached hydrogens (tertiary/aromatic N) is 4. The average molecular weight is 465 g/mol. The molecule has 7 heteroatoms. The van der Waals surface area contributed by atoms with Gasteiger partial charge in [-0.2, -0.15) is 0 Å². The average Bonchev–Trinajstić information content (AvgIpc) is 3.46. The standard InChI is InChI=1S/C28H24N4O3/c33-28(35-17-25-23-8-3-1-6-21(23)22-7-2-4-9-24(22)25)32-19-12-18(13-20(32)16-34-15-19)26-14-30-27-29-10-5-11-31(26)27/h1-12,14,19-20,25H,13,15-17H2. The van der Waals surface area contributed by atoms with Gasteiger partial charge in [-0.3, -0.25) is 9.30 Å². The first-order valence-corrected chi connectivity index (χ1v) is 12.0. The molecule has 2 atom stereocenters. The molecule has 1 fully saturated rings. The Morgan fingerprint density at radius 2 is 1.77 bits per heavy atom. The van der Waals surface area contributed by atoms with Crippen LogP contribution in [0.2, 0.25) is 0 Å². The van der Waals surface area contributed by atoms with Crippen LogP contribution >= 0.6 is 0 Å². The van der Waals surface area contributed by atoms with Crippen LogP contribution < -0.4 is 0 Å². The summed E-state index contributed by atoms with van der Waals surface area (Å²) in [5, 5.41) is 0. The van der Waals surface area contributed by atoms with Crippen molar-refractivity contribution in [2.24, 2.45) is 0 Å². The molecule has 2 aromatic heterocycles. The molecule has 1 saturated heterocycles. The summed E-state index contributed by atoms with van der Waals surface area (Å²) in [6.45, 7) is 1.27. The first-order chi connectivity index (χ1) is 17.3. The topological polar surface area (TPSA) is 69.0 Å². The quantitative estimate of drug-likeness (QED) is 0.446. The highest BCUT2D eigenvalue weighted by molar-refractivity contribution is 5.79. The monoisotopic (exact) mass is 464 g/mol. The highest BCUT2D eigenvalue weighted by Gasteiger charge is 2.40. The van der Waals surface area contributed by atoms with Crippen LogP contribution in [0.1, 0.15) is 29.2 Å². The minimum atomic E-state index is -0.278. The second kappa shape index (κ2) is 8.06. The highest BCUT2D eigenvalue weighted by Crippen LogP contribution is 2.44. The van der Waals surface area contributed by atoms with Crippen LogP contribution in [0.25, 0.3) is 22.5 Å². The molecule has 3 aliphatic rings. The third kappa shape index (κ3) is 3.26. The molecule has 0 spiro atoms. The SMILES string of the molecule is O=C(OCC1c2ccccc2-c2ccccc21)N1C2C=C(c3cnc4ncccn34)CC1COC2. The van der Waals surface area contributed by atoms with Crippen molar-refractivity contribution < 1.29 is 14.3 Å². The van der Waals surface area contributed by atoms with Crippen LogP contribution in [0.4, 0.5) is 4.79 Å². The van der Waals surface area contributed by atoms with E-state index in [0.29, 0.717) is 32.0 Å². The van der Waals surface area contributed by atoms with E-state index in [-0.39, 0.29) is 24.1 Å². The Balaban J connectivity index is 1.14. The molecule has 2 bridgehead atoms. The lowest BCUT2D eigenvalue weighted by Gasteiger charge is -2.43. The molecule has 1 amide bonds. The fraction of sp³-hybridized carbons (Fsp3) is 0.250. The van der Waals surface area contributed by atoms with Crippen LogP contribution in [-0.4, -0.2) is 57.3 Å². The molecule has 7 nitrogen and oxygen atoms in total. The Morgan fingerprint density at radius 1 is 1.00 bits per heavy atom. The Hall–Kier alpha value is -3.97. The minimum absolute atomic E-state index is 0.0454. The highest BCUT2D eigenvalue weighted by atomic mass is 16.6. The van der Waals surface area contributed by atoms with Gasteiger partial charge >= 0.3 is 6.09 Å². The largest absolute Gasteiger partial charge is 0.448 e. The molecule has 1 aliphatic carbocycles. The molecule has 7 rings (SSSR count). The molecule has 2 unspecified atom stereocenters. The van der Waals surface area contributed by atoms with Gasteiger partial charge in [-0.05, 0) is 40.3 Å². The number of benzene rings is 2. The molecule has 2 aromatic carbocycles. The maximum absolute atomic E-state index is 13.4. The number of carbonyl (C=O) groups excluding carboxylic acids is 1. The van der Waals surface area contributed by atoms with E-state index in [4.69, 9.17) is 9.47 Å². The van der Waals surface area contributed by atoms with E-state index in [9.17, 15) is 4.79 Å². The van der Waals surface area contributed by atoms with E-state index in [2.05, 4.69) is 52.4 Å². The van der Waals surface area contributed by atoms with Crippen molar-refractivity contribution in [3.05, 3.63) is 96.1 Å². The lowest BCUT2D eigenvalue weighted by Crippen LogP contribution is -2.56. The van der Waals surface area contributed by atoms with Crippen LogP contribution in [0.3, 0.4) is 0 Å². The molecule has 2 aliphatic heterocycles. The van der Waals surface area contributed by atoms with Crippen LogP contribution in [0, 0.1) is 0 Å². The number of carbonyl (C=O) groups is 1. The molecule has 4 heterocycles. The summed E-state index contributed by atoms with van der Waals surface area (Å²) >= 11 is 0. The van der Waals surface area contributed by atoms with E-state index in [1.165, 1.54) is 22.3 Å². The van der Waals surface area contributed by atoms with Gasteiger partial charge in [0.25, 0.3) is 0 Å². The Morgan fingerprint density at radius 3 is 2.54 bits per heavy atom. The van der Waals surface area contributed by atoms with Gasteiger partial charge in [-0.15, -0.1) is 0 Å². The van der Waals surface area contributed by atoms with Gasteiger partial charge in [0.15, 0.2) is 0 Å². The number of imidazole rings is 1. The second-order valence-corrected chi connectivity index (χ2v) is 9.30. The van der Waals surface area contributed by atoms with E-state index < -0.39 is 0 Å². The Labute approximate surface area is 202 Å². The number of ether oxygens (including phenoxy) is 2. The van der Waals surface area contributed by atoms with Gasteiger partial charge in [0, 0.05) is 18.3 Å². The summed E-state index contributed by atoms with van der Waals surface area (Å²) in [6, 6.07) is 18.4. The summed E-state index contributed by atoms with van der Waals surface area (Å²) in [4.78, 5) is 24.0. The van der Waals surface area contributed by atoms with Crippen molar-refractivity contribution in [3.8, 4) is 11.1 Å². The Bertz CT molecular complexity index is 1430. The molecule has 0 saturated carbocycles. The number of hydrogen-bond acceptors (Lipinski definition) is 5. The fourth-order valence-electron chi connectivity index (χ4n) is 5.80. The predicted molar refractivity (Wildman–Crippen MR) is 131 cm³/mol. The van der Waals surface area contributed by atoms with Crippen molar-refractivity contribution in [1.82, 2.24) is 19.3 Å². The van der Waals surface area contributed by atoms with Gasteiger partial charge in [-0.1, -0.05) is 54.6 Å². The number of fused-ring (bicyclic) bond motifs is 6. The zero-order valence-electron chi connectivity index (χ0n) is 19.1. The van der Waals surface area contributed by atoms with Gasteiger partial charge in [-0.25, -0.2) is 14.8 Å². The summed E-state index contributed by atoms with van der Waals surface area (Å²) in [7, 11) is 0. The maximum Gasteiger partial charge on any atom is 0.410 e. The maximum atomic E-state index is 13.4. The fourth-order valence-corrected chi connectivity index (χ4v) is 5.80. The number of rotatable bonds is 3. The third-order valence-corrected chi connectivity index (χ3v) is 7.36. The van der Waals surface area contributed by atoms with Crippen LogP contribution in [-0.2, 0) is 9.47 Å². The van der Waals surface area contributed by atoms with Gasteiger partial charge in [0.2, 0.25) is 5.78 Å². The molecule has 4 aromatic rings. The van der Waals surface area contributed by atoms with Crippen molar-refractivity contribution in [2.75, 3.05) is 19.8 Å². The third-order valence-electron chi connectivity index (χ3n) is 7.36. The van der Waals surface area contributed by atoms with Crippen molar-refractivity contribution in [1.29, 1.82) is 0 Å². The van der Waals surface area contributed by atoms with Crippen molar-refractivity contribution in [2.45, 2.75) is 24.4 Å². The molecule has 0 radical (unpaired) electrons. The smallest absolute Gasteiger partial charge is 0.410 e. The van der Waals surface area contributed by atoms with Gasteiger partial charge < -0.3 is 9.47 Å². The lowest BCUT2D eigenvalue weighted by atomic mass is 9.93. The van der Waals surface area contributed by atoms with E-state index in [1.807, 2.05) is 39.9 Å². The number of morpholine rings is 1. The van der Waals surface area contributed by atoms with Crippen molar-refractivity contribution in [3.63, 3.8) is 0 Å². The van der Waals surface area contributed by atoms with E-state index >= 15 is 0 Å². The van der Waals surface area contributed by atoms with E-state index in [1.54, 1.807) is 6.20 Å². The summed E-state index contributed by atoms with van der Waals surface area (Å²) in [6.07, 6.45) is 8.09. The second-order valence-electron chi connectivity index (χ2n) is 9.30. The predicted octanol–water partition coefficient (Wildman–Crippen LogP) is 4.53. The molecule has 0 N–H and O–H groups in total. The van der Waals surface area contributed by atoms with Gasteiger partial charge in [0.05, 0.1) is 37.2 Å². The minimum Gasteiger partial charge on any atom is -0.448 e. The van der Waals surface area contributed by atoms with Crippen LogP contribution in [0.15, 0.2) is 79.3 Å². The number of amides is 1. The lowest BCUT2D eigenvalue weighted by molar-refractivity contribution is -0.0332. The zero-order chi connectivity index (χ0) is 23.4. The molecular formula is C28H24N4O3. The first kappa shape index (κ1) is 20.4. The Kier molecular flexibility index (Phi) is 4.70. The van der Waals surface area contributed by atoms with Crippen LogP contribution in [0.5, 0.6) is 0 Å². The van der Waals surface area contributed by atoms with Gasteiger partial charge in [0.1, 0.15) is 6.61 Å². The zero-order valence-corrected chi connectivity index (χ0v) is 19.1. The molecular weight excluding hydrogens is 440 g/mol. The van der Waals surface area contributed by atoms with E-state index in [0.717, 1.165) is 11.3 Å². The molecule has 174 valence electrons. The van der Waals surface area contributed by atoms with Crippen molar-refractivity contribution >= 4 is 17.4 Å². The summed E-state index contributed by atoms with van der Waals surface area (Å²) in [5.41, 5.74) is 7.05. The number of aromatic nitrogens is 3. The molecule has 35 heavy (non-hydrogen) atoms. The summed E-state index contributed by atoms with van der Waals surface area (Å²) in [5.74, 6) is 0.716. The normalized spacial score (nSPS) is 20.9. The first-order valence-electron chi connectivity index (χ1n) is 12.0. The number of hydrogen-bond donors (Lipinski definition) is 0.